The van der Waals surface area contributed by atoms with Crippen LogP contribution in [-0.2, 0) is 62.0 Å². The molecule has 3 aliphatic heterocycles. The Kier molecular flexibility index (Phi) is 13.7. The van der Waals surface area contributed by atoms with E-state index in [-0.39, 0.29) is 82.0 Å². The first-order valence-electron chi connectivity index (χ1n) is 19.8. The number of carbonyl (C=O) groups is 8. The standard InChI is InChI=1S/C42H48N4O16/c1-41(17-39(59)60)23(5-9-35(51)52)29-14-27-21(11-37(55)56)19(3-7-33(47)48)25(43-27)13-26-20(4-8-34(49)50)22(12-38(57)58)28(44-26)15-31-42(2,18-40(61)62)24(6-10-36(53)54)30(46-31)16-32(41)45-29/h13-16,19,21,23-24,44-45H,3-12,17-18H2,1-2H3,(H,47,48)(H,49,50)(H,51,52)(H,53,54)(H,55,56)(H,57,58)(H,59,60)(H,61,62)/t19-,21-,23+,24+,41-,42-/m0/s1. The zero-order chi connectivity index (χ0) is 45.8. The number of carboxylic acid groups (broad SMARTS) is 8. The van der Waals surface area contributed by atoms with Crippen LogP contribution >= 0.6 is 0 Å². The second kappa shape index (κ2) is 18.4. The SMILES string of the molecule is C[C@@]1(CC(=O)O)c2cc3[nH]c(cc4nc(cc5[nH]c(cc(n2)[C@H]1CCC(=O)O)[C@@](C)(CC(=O)O)[C@@H]5CCC(=O)O)[C@@H](CC(=O)O)[C@@H]4CCC(=O)O)c(CCC(=O)O)c3CC(=O)O. The van der Waals surface area contributed by atoms with Crippen molar-refractivity contribution in [3.8, 4) is 0 Å². The fraction of sp³-hybridized carbons (Fsp3) is 0.476. The van der Waals surface area contributed by atoms with E-state index >= 15 is 0 Å². The predicted molar refractivity (Wildman–Crippen MR) is 213 cm³/mol. The maximum Gasteiger partial charge on any atom is 0.307 e. The molecule has 6 atom stereocenters. The van der Waals surface area contributed by atoms with Gasteiger partial charge < -0.3 is 50.8 Å². The Labute approximate surface area is 352 Å². The number of fused-ring (bicyclic) bond motifs is 8. The molecule has 20 heteroatoms. The van der Waals surface area contributed by atoms with E-state index in [0.29, 0.717) is 0 Å². The van der Waals surface area contributed by atoms with Gasteiger partial charge in [0, 0.05) is 105 Å². The van der Waals surface area contributed by atoms with Crippen molar-refractivity contribution >= 4 is 58.8 Å². The van der Waals surface area contributed by atoms with Gasteiger partial charge in [0.2, 0.25) is 0 Å². The number of aromatic amines is 2. The Balaban J connectivity index is 2.06. The molecule has 0 amide bonds. The van der Waals surface area contributed by atoms with Crippen molar-refractivity contribution < 1.29 is 79.2 Å². The highest BCUT2D eigenvalue weighted by Crippen LogP contribution is 2.52. The summed E-state index contributed by atoms with van der Waals surface area (Å²) in [7, 11) is 0. The fourth-order valence-corrected chi connectivity index (χ4v) is 9.37. The van der Waals surface area contributed by atoms with Crippen LogP contribution in [0.5, 0.6) is 0 Å². The Morgan fingerprint density at radius 3 is 1.65 bits per heavy atom. The molecule has 2 aromatic heterocycles. The molecule has 0 fully saturated rings. The monoisotopic (exact) mass is 864 g/mol. The fourth-order valence-electron chi connectivity index (χ4n) is 9.37. The third-order valence-electron chi connectivity index (χ3n) is 12.3. The number of aliphatic carboxylic acids is 8. The van der Waals surface area contributed by atoms with Crippen molar-refractivity contribution in [1.29, 1.82) is 0 Å². The van der Waals surface area contributed by atoms with E-state index < -0.39 is 134 Å². The summed E-state index contributed by atoms with van der Waals surface area (Å²) in [5, 5.41) is 79.8. The van der Waals surface area contributed by atoms with Crippen molar-refractivity contribution in [3.05, 3.63) is 69.6 Å². The summed E-state index contributed by atoms with van der Waals surface area (Å²) in [6.07, 6.45) is -4.78. The minimum atomic E-state index is -1.48. The van der Waals surface area contributed by atoms with Crippen LogP contribution in [0.15, 0.2) is 24.3 Å². The topological polar surface area (TPSA) is 356 Å². The lowest BCUT2D eigenvalue weighted by molar-refractivity contribution is -0.140. The van der Waals surface area contributed by atoms with E-state index in [2.05, 4.69) is 9.97 Å². The number of aryl methyl sites for hydroxylation is 1. The molecule has 20 nitrogen and oxygen atoms in total. The van der Waals surface area contributed by atoms with Crippen LogP contribution in [0, 0.1) is 0 Å². The van der Waals surface area contributed by atoms with E-state index in [9.17, 15) is 79.2 Å². The van der Waals surface area contributed by atoms with Gasteiger partial charge >= 0.3 is 47.8 Å². The van der Waals surface area contributed by atoms with Gasteiger partial charge in [-0.1, -0.05) is 13.8 Å². The highest BCUT2D eigenvalue weighted by molar-refractivity contribution is 5.82. The lowest BCUT2D eigenvalue weighted by Crippen LogP contribution is -2.31. The van der Waals surface area contributed by atoms with E-state index in [0.717, 1.165) is 0 Å². The van der Waals surface area contributed by atoms with Crippen LogP contribution in [0.4, 0.5) is 0 Å². The summed E-state index contributed by atoms with van der Waals surface area (Å²) in [5.74, 6) is -13.7. The molecule has 0 saturated heterocycles. The van der Waals surface area contributed by atoms with Gasteiger partial charge in [0.25, 0.3) is 0 Å². The Morgan fingerprint density at radius 1 is 0.532 bits per heavy atom. The van der Waals surface area contributed by atoms with Crippen LogP contribution in [0.2, 0.25) is 0 Å². The van der Waals surface area contributed by atoms with Crippen molar-refractivity contribution in [2.75, 3.05) is 0 Å². The minimum absolute atomic E-state index is 0.0734. The zero-order valence-electron chi connectivity index (χ0n) is 33.8. The number of H-pyrrole nitrogens is 2. The smallest absolute Gasteiger partial charge is 0.307 e. The predicted octanol–water partition coefficient (Wildman–Crippen LogP) is 4.65. The Hall–Kier alpha value is -6.86. The number of rotatable bonds is 20. The number of aromatic nitrogens is 4. The van der Waals surface area contributed by atoms with Crippen molar-refractivity contribution in [1.82, 2.24) is 19.9 Å². The molecule has 0 radical (unpaired) electrons. The minimum Gasteiger partial charge on any atom is -0.481 e. The van der Waals surface area contributed by atoms with Gasteiger partial charge in [-0.3, -0.25) is 48.3 Å². The lowest BCUT2D eigenvalue weighted by atomic mass is 9.69. The van der Waals surface area contributed by atoms with Crippen molar-refractivity contribution in [2.24, 2.45) is 0 Å². The summed E-state index contributed by atoms with van der Waals surface area (Å²) in [6.45, 7) is 3.14. The molecule has 8 bridgehead atoms. The molecular formula is C42H48N4O16. The van der Waals surface area contributed by atoms with Gasteiger partial charge in [0.15, 0.2) is 0 Å². The van der Waals surface area contributed by atoms with Gasteiger partial charge in [-0.15, -0.1) is 0 Å². The average molecular weight is 865 g/mol. The van der Waals surface area contributed by atoms with Gasteiger partial charge in [-0.2, -0.15) is 0 Å². The summed E-state index contributed by atoms with van der Waals surface area (Å²) >= 11 is 0. The summed E-state index contributed by atoms with van der Waals surface area (Å²) in [4.78, 5) is 114. The van der Waals surface area contributed by atoms with E-state index in [1.54, 1.807) is 13.8 Å². The highest BCUT2D eigenvalue weighted by atomic mass is 16.4. The van der Waals surface area contributed by atoms with E-state index in [1.165, 1.54) is 24.3 Å². The summed E-state index contributed by atoms with van der Waals surface area (Å²) in [6, 6.07) is 5.85. The van der Waals surface area contributed by atoms with Gasteiger partial charge in [-0.05, 0) is 61.1 Å². The highest BCUT2D eigenvalue weighted by Gasteiger charge is 2.48. The molecule has 0 aliphatic carbocycles. The van der Waals surface area contributed by atoms with Gasteiger partial charge in [-0.25, -0.2) is 0 Å². The first-order valence-corrected chi connectivity index (χ1v) is 19.8. The number of carboxylic acids is 8. The van der Waals surface area contributed by atoms with Crippen molar-refractivity contribution in [3.63, 3.8) is 0 Å². The molecule has 2 aromatic rings. The summed E-state index contributed by atoms with van der Waals surface area (Å²) < 4.78 is 0. The molecule has 5 heterocycles. The van der Waals surface area contributed by atoms with Crippen LogP contribution in [-0.4, -0.2) is 109 Å². The van der Waals surface area contributed by atoms with Gasteiger partial charge in [0.05, 0.1) is 25.7 Å². The van der Waals surface area contributed by atoms with Crippen LogP contribution in [0.3, 0.4) is 0 Å². The van der Waals surface area contributed by atoms with Crippen LogP contribution < -0.4 is 0 Å². The molecule has 0 saturated carbocycles. The van der Waals surface area contributed by atoms with E-state index in [1.807, 2.05) is 0 Å². The molecule has 0 aromatic carbocycles. The zero-order valence-corrected chi connectivity index (χ0v) is 33.8. The number of nitrogens with one attached hydrogen (secondary N) is 2. The van der Waals surface area contributed by atoms with E-state index in [4.69, 9.17) is 9.97 Å². The van der Waals surface area contributed by atoms with Gasteiger partial charge in [0.1, 0.15) is 0 Å². The molecule has 62 heavy (non-hydrogen) atoms. The van der Waals surface area contributed by atoms with Crippen LogP contribution in [0.25, 0.3) is 11.0 Å². The van der Waals surface area contributed by atoms with Crippen molar-refractivity contribution in [2.45, 2.75) is 125 Å². The maximum atomic E-state index is 12.6. The average Bonchev–Trinajstić information content (AvgIpc) is 3.77. The molecule has 5 rings (SSSR count). The lowest BCUT2D eigenvalue weighted by Gasteiger charge is -2.32. The quantitative estimate of drug-likeness (QED) is 0.0865. The summed E-state index contributed by atoms with van der Waals surface area (Å²) in [5.41, 5.74) is -1.40. The third kappa shape index (κ3) is 10.2. The molecule has 10 N–H and O–H groups in total. The number of hydrogen-bond donors (Lipinski definition) is 10. The number of hydrogen-bond acceptors (Lipinski definition) is 10. The first-order chi connectivity index (χ1) is 29.0. The Morgan fingerprint density at radius 2 is 1.08 bits per heavy atom. The molecule has 3 aliphatic rings. The molecule has 0 spiro atoms. The van der Waals surface area contributed by atoms with Crippen LogP contribution in [0.1, 0.15) is 147 Å². The second-order valence-corrected chi connectivity index (χ2v) is 16.5. The molecular weight excluding hydrogens is 816 g/mol. The normalized spacial score (nSPS) is 22.4. The third-order valence-corrected chi connectivity index (χ3v) is 12.3. The maximum absolute atomic E-state index is 12.6. The second-order valence-electron chi connectivity index (χ2n) is 16.5. The Bertz CT molecular complexity index is 2400. The largest absolute Gasteiger partial charge is 0.481 e. The molecule has 0 unspecified atom stereocenters. The first kappa shape index (κ1) is 46.2. The number of nitrogens with zero attached hydrogens (tertiary/aromatic N) is 2. The molecule has 332 valence electrons.